The average Bonchev–Trinajstić information content (AvgIpc) is 2.03. The highest BCUT2D eigenvalue weighted by atomic mass is 35.5. The van der Waals surface area contributed by atoms with Crippen LogP contribution in [0.1, 0.15) is 0 Å². The van der Waals surface area contributed by atoms with Crippen LogP contribution in [0.15, 0.2) is 34.7 Å². The fraction of sp³-hybridized carbons (Fsp3) is 0. The highest BCUT2D eigenvalue weighted by Gasteiger charge is 1.80. The van der Waals surface area contributed by atoms with E-state index in [4.69, 9.17) is 11.6 Å². The third-order valence-corrected chi connectivity index (χ3v) is 1.48. The Bertz CT molecular complexity index is 408. The van der Waals surface area contributed by atoms with E-state index < -0.39 is 16.5 Å². The zero-order valence-electron chi connectivity index (χ0n) is 6.92. The maximum absolute atomic E-state index is 9.47. The number of hydrogen-bond acceptors (Lipinski definition) is 3. The number of carbonyl (C=O) groups excluding carboxylic acids is 1. The number of primary amides is 1. The second-order valence-corrected chi connectivity index (χ2v) is 3.00. The van der Waals surface area contributed by atoms with E-state index in [9.17, 15) is 13.2 Å². The summed E-state index contributed by atoms with van der Waals surface area (Å²) in [7, 11) is -2.70. The first kappa shape index (κ1) is 12.6. The summed E-state index contributed by atoms with van der Waals surface area (Å²) >= 11 is 5.54. The molecule has 1 rings (SSSR count). The second kappa shape index (κ2) is 7.05. The molecule has 0 aliphatic rings. The van der Waals surface area contributed by atoms with Crippen molar-refractivity contribution in [1.82, 2.24) is 0 Å². The number of urea groups is 1. The Balaban J connectivity index is 0.000000241. The molecule has 2 amide bonds. The Morgan fingerprint density at radius 1 is 1.29 bits per heavy atom. The molecule has 14 heavy (non-hydrogen) atoms. The fourth-order valence-electron chi connectivity index (χ4n) is 0.488. The van der Waals surface area contributed by atoms with E-state index >= 15 is 0 Å². The molecule has 7 heteroatoms. The molecule has 2 N–H and O–H groups in total. The number of rotatable bonds is 0. The predicted octanol–water partition coefficient (Wildman–Crippen LogP) is 1.47. The van der Waals surface area contributed by atoms with Gasteiger partial charge in [0.25, 0.3) is 0 Å². The fourth-order valence-corrected chi connectivity index (χ4v) is 0.781. The van der Waals surface area contributed by atoms with Gasteiger partial charge in [0.15, 0.2) is 0 Å². The molecule has 5 nitrogen and oxygen atoms in total. The molecular weight excluding hydrogens is 228 g/mol. The second-order valence-electron chi connectivity index (χ2n) is 1.94. The summed E-state index contributed by atoms with van der Waals surface area (Å²) in [6, 6.07) is 8.24. The number of benzene rings is 1. The lowest BCUT2D eigenvalue weighted by Crippen LogP contribution is -2.02. The van der Waals surface area contributed by atoms with Crippen LogP contribution in [0.5, 0.6) is 0 Å². The number of nitrogens with two attached hydrogens (primary N) is 1. The van der Waals surface area contributed by atoms with Gasteiger partial charge in [-0.25, -0.2) is 4.79 Å². The largest absolute Gasteiger partial charge is 0.353 e. The van der Waals surface area contributed by atoms with Crippen LogP contribution >= 0.6 is 11.6 Å². The minimum absolute atomic E-state index is 0.794. The van der Waals surface area contributed by atoms with Crippen molar-refractivity contribution >= 4 is 28.1 Å². The quantitative estimate of drug-likeness (QED) is 0.737. The van der Waals surface area contributed by atoms with Gasteiger partial charge in [-0.1, -0.05) is 34.2 Å². The molecule has 76 valence electrons. The first-order chi connectivity index (χ1) is 6.52. The number of halogens is 1. The molecular formula is C7H7ClN2O3S. The van der Waals surface area contributed by atoms with E-state index in [1.165, 1.54) is 0 Å². The lowest BCUT2D eigenvalue weighted by Gasteiger charge is -1.80. The molecule has 1 aromatic rings. The van der Waals surface area contributed by atoms with Gasteiger partial charge in [0.05, 0.1) is 0 Å². The topological polar surface area (TPSA) is 89.6 Å². The van der Waals surface area contributed by atoms with Crippen molar-refractivity contribution in [2.75, 3.05) is 0 Å². The lowest BCUT2D eigenvalue weighted by molar-refractivity contribution is 0.257. The molecule has 0 saturated heterocycles. The van der Waals surface area contributed by atoms with Crippen LogP contribution < -0.4 is 5.73 Å². The van der Waals surface area contributed by atoms with Crippen LogP contribution in [0.4, 0.5) is 4.79 Å². The van der Waals surface area contributed by atoms with Gasteiger partial charge >= 0.3 is 16.5 Å². The number of hydrogen-bond donors (Lipinski definition) is 1. The molecule has 0 heterocycles. The minimum Gasteiger partial charge on any atom is -0.349 e. The maximum Gasteiger partial charge on any atom is 0.353 e. The van der Waals surface area contributed by atoms with Crippen molar-refractivity contribution in [1.29, 1.82) is 0 Å². The molecule has 0 radical (unpaired) electrons. The van der Waals surface area contributed by atoms with Crippen molar-refractivity contribution in [3.05, 3.63) is 35.4 Å². The summed E-state index contributed by atoms with van der Waals surface area (Å²) < 4.78 is 21.0. The van der Waals surface area contributed by atoms with E-state index in [2.05, 4.69) is 10.1 Å². The lowest BCUT2D eigenvalue weighted by atomic mass is 10.4. The molecule has 1 aromatic carbocycles. The van der Waals surface area contributed by atoms with Gasteiger partial charge in [-0.05, 0) is 12.1 Å². The number of nitrogens with zero attached hydrogens (tertiary/aromatic N) is 1. The molecule has 0 fully saturated rings. The van der Waals surface area contributed by atoms with Crippen molar-refractivity contribution in [3.63, 3.8) is 0 Å². The molecule has 0 atom stereocenters. The molecule has 0 spiro atoms. The maximum atomic E-state index is 9.47. The molecule has 0 aromatic heterocycles. The monoisotopic (exact) mass is 234 g/mol. The van der Waals surface area contributed by atoms with Gasteiger partial charge in [0, 0.05) is 5.02 Å². The highest BCUT2D eigenvalue weighted by Crippen LogP contribution is 2.03. The van der Waals surface area contributed by atoms with E-state index in [1.54, 1.807) is 0 Å². The van der Waals surface area contributed by atoms with Crippen LogP contribution in [0.3, 0.4) is 0 Å². The van der Waals surface area contributed by atoms with Crippen LogP contribution in [0.2, 0.25) is 5.02 Å². The van der Waals surface area contributed by atoms with Gasteiger partial charge in [-0.15, -0.1) is 0 Å². The van der Waals surface area contributed by atoms with Crippen molar-refractivity contribution in [3.8, 4) is 0 Å². The summed E-state index contributed by atoms with van der Waals surface area (Å²) in [5, 5.41) is 0.794. The van der Waals surface area contributed by atoms with Gasteiger partial charge in [-0.2, -0.15) is 8.42 Å². The number of carbonyl (C=O) groups is 1. The van der Waals surface area contributed by atoms with Crippen molar-refractivity contribution < 1.29 is 13.2 Å². The zero-order chi connectivity index (χ0) is 11.0. The predicted molar refractivity (Wildman–Crippen MR) is 52.4 cm³/mol. The summed E-state index contributed by atoms with van der Waals surface area (Å²) in [6.45, 7) is 0. The Hall–Kier alpha value is -1.40. The SMILES string of the molecule is Clc1ccccc1.NC(=O)N=S(=O)=O. The standard InChI is InChI=1S/C6H5Cl.CH2N2O3S/c7-6-4-2-1-3-5-6;2-1(4)3-7(5)6/h1-5H;(H2,2,4). The first-order valence-electron chi connectivity index (χ1n) is 3.33. The third kappa shape index (κ3) is 8.69. The summed E-state index contributed by atoms with van der Waals surface area (Å²) in [4.78, 5) is 9.47. The van der Waals surface area contributed by atoms with Gasteiger partial charge in [0.2, 0.25) is 0 Å². The van der Waals surface area contributed by atoms with Gasteiger partial charge in [0.1, 0.15) is 0 Å². The van der Waals surface area contributed by atoms with Crippen LogP contribution in [-0.4, -0.2) is 14.4 Å². The van der Waals surface area contributed by atoms with E-state index in [0.717, 1.165) is 5.02 Å². The molecule has 0 aliphatic carbocycles. The minimum atomic E-state index is -2.70. The molecule has 0 aliphatic heterocycles. The summed E-state index contributed by atoms with van der Waals surface area (Å²) in [5.41, 5.74) is 4.29. The zero-order valence-corrected chi connectivity index (χ0v) is 8.49. The van der Waals surface area contributed by atoms with E-state index in [1.807, 2.05) is 30.3 Å². The Kier molecular flexibility index (Phi) is 6.34. The highest BCUT2D eigenvalue weighted by molar-refractivity contribution is 7.62. The molecule has 0 unspecified atom stereocenters. The van der Waals surface area contributed by atoms with Crippen LogP contribution in [0.25, 0.3) is 0 Å². The Morgan fingerprint density at radius 2 is 1.79 bits per heavy atom. The molecule has 0 bridgehead atoms. The third-order valence-electron chi connectivity index (χ3n) is 0.898. The Labute approximate surface area is 87.2 Å². The smallest absolute Gasteiger partial charge is 0.349 e. The van der Waals surface area contributed by atoms with E-state index in [0.29, 0.717) is 0 Å². The Morgan fingerprint density at radius 3 is 1.93 bits per heavy atom. The van der Waals surface area contributed by atoms with E-state index in [-0.39, 0.29) is 0 Å². The average molecular weight is 235 g/mol. The summed E-state index contributed by atoms with van der Waals surface area (Å²) in [6.07, 6.45) is 0. The summed E-state index contributed by atoms with van der Waals surface area (Å²) in [5.74, 6) is 0. The van der Waals surface area contributed by atoms with Gasteiger partial charge < -0.3 is 5.73 Å². The first-order valence-corrected chi connectivity index (χ1v) is 4.74. The van der Waals surface area contributed by atoms with Crippen molar-refractivity contribution in [2.24, 2.45) is 10.1 Å². The van der Waals surface area contributed by atoms with Gasteiger partial charge in [-0.3, -0.25) is 0 Å². The molecule has 0 saturated carbocycles. The van der Waals surface area contributed by atoms with Crippen LogP contribution in [-0.2, 0) is 10.5 Å². The van der Waals surface area contributed by atoms with Crippen molar-refractivity contribution in [2.45, 2.75) is 0 Å². The number of amides is 2. The van der Waals surface area contributed by atoms with Crippen LogP contribution in [0, 0.1) is 0 Å². The normalized spacial score (nSPS) is 8.07.